The molecule has 2 heterocycles. The second kappa shape index (κ2) is 9.84. The predicted molar refractivity (Wildman–Crippen MR) is 131 cm³/mol. The SMILES string of the molecule is N#Cc1c(-c2ccc(Oc3ccccc3)cc2)nc(Cl)c(-c2cccc(C3OCCO3)c2)c1Cl. The molecular weight excluding hydrogens is 471 g/mol. The van der Waals surface area contributed by atoms with Gasteiger partial charge in [-0.15, -0.1) is 0 Å². The van der Waals surface area contributed by atoms with Crippen LogP contribution in [-0.4, -0.2) is 18.2 Å². The molecule has 1 fully saturated rings. The van der Waals surface area contributed by atoms with Crippen molar-refractivity contribution in [2.75, 3.05) is 13.2 Å². The zero-order chi connectivity index (χ0) is 23.5. The van der Waals surface area contributed by atoms with Crippen LogP contribution in [0.4, 0.5) is 0 Å². The first-order chi connectivity index (χ1) is 16.6. The normalized spacial score (nSPS) is 13.6. The maximum absolute atomic E-state index is 9.92. The van der Waals surface area contributed by atoms with Gasteiger partial charge in [0.05, 0.1) is 29.5 Å². The van der Waals surface area contributed by atoms with Crippen LogP contribution in [0.1, 0.15) is 17.4 Å². The van der Waals surface area contributed by atoms with Gasteiger partial charge in [-0.2, -0.15) is 5.26 Å². The van der Waals surface area contributed by atoms with Gasteiger partial charge in [0, 0.05) is 16.7 Å². The zero-order valence-corrected chi connectivity index (χ0v) is 19.4. The van der Waals surface area contributed by atoms with Crippen molar-refractivity contribution in [3.8, 4) is 40.0 Å². The Bertz CT molecular complexity index is 1360. The highest BCUT2D eigenvalue weighted by Crippen LogP contribution is 2.41. The lowest BCUT2D eigenvalue weighted by Gasteiger charge is -2.15. The first-order valence-electron chi connectivity index (χ1n) is 10.6. The Labute approximate surface area is 207 Å². The fourth-order valence-corrected chi connectivity index (χ4v) is 4.45. The standard InChI is InChI=1S/C27H18Cl2N2O3/c28-24-22(16-30)25(17-9-11-21(12-10-17)34-20-7-2-1-3-8-20)31-26(29)23(24)18-5-4-6-19(15-18)27-32-13-14-33-27/h1-12,15,27H,13-14H2. The average molecular weight is 489 g/mol. The molecule has 0 saturated carbocycles. The highest BCUT2D eigenvalue weighted by molar-refractivity contribution is 6.39. The van der Waals surface area contributed by atoms with Crippen LogP contribution in [0.25, 0.3) is 22.4 Å². The summed E-state index contributed by atoms with van der Waals surface area (Å²) in [4.78, 5) is 4.55. The molecule has 4 aromatic rings. The van der Waals surface area contributed by atoms with E-state index in [4.69, 9.17) is 37.4 Å². The molecule has 1 aliphatic heterocycles. The molecule has 1 saturated heterocycles. The predicted octanol–water partition coefficient (Wildman–Crippen LogP) is 7.43. The van der Waals surface area contributed by atoms with E-state index < -0.39 is 6.29 Å². The molecule has 5 rings (SSSR count). The first-order valence-corrected chi connectivity index (χ1v) is 11.4. The molecule has 0 atom stereocenters. The lowest BCUT2D eigenvalue weighted by molar-refractivity contribution is -0.0440. The largest absolute Gasteiger partial charge is 0.457 e. The van der Waals surface area contributed by atoms with Crippen LogP contribution in [0.3, 0.4) is 0 Å². The van der Waals surface area contributed by atoms with E-state index >= 15 is 0 Å². The van der Waals surface area contributed by atoms with Crippen molar-refractivity contribution in [2.45, 2.75) is 6.29 Å². The van der Waals surface area contributed by atoms with Crippen LogP contribution < -0.4 is 4.74 Å². The van der Waals surface area contributed by atoms with Gasteiger partial charge < -0.3 is 14.2 Å². The Morgan fingerprint density at radius 3 is 2.26 bits per heavy atom. The summed E-state index contributed by atoms with van der Waals surface area (Å²) in [6, 6.07) is 26.5. The molecule has 0 radical (unpaired) electrons. The number of para-hydroxylation sites is 1. The second-order valence-corrected chi connectivity index (χ2v) is 8.30. The molecule has 168 valence electrons. The fourth-order valence-electron chi connectivity index (χ4n) is 3.78. The summed E-state index contributed by atoms with van der Waals surface area (Å²) < 4.78 is 17.0. The average Bonchev–Trinajstić information content (AvgIpc) is 3.40. The van der Waals surface area contributed by atoms with E-state index in [1.54, 1.807) is 0 Å². The Morgan fingerprint density at radius 1 is 0.853 bits per heavy atom. The summed E-state index contributed by atoms with van der Waals surface area (Å²) in [7, 11) is 0. The maximum Gasteiger partial charge on any atom is 0.184 e. The molecule has 7 heteroatoms. The zero-order valence-electron chi connectivity index (χ0n) is 17.9. The Morgan fingerprint density at radius 2 is 1.56 bits per heavy atom. The molecule has 34 heavy (non-hydrogen) atoms. The van der Waals surface area contributed by atoms with Gasteiger partial charge in [-0.3, -0.25) is 0 Å². The third-order valence-electron chi connectivity index (χ3n) is 5.38. The number of hydrogen-bond acceptors (Lipinski definition) is 5. The van der Waals surface area contributed by atoms with E-state index in [1.807, 2.05) is 78.9 Å². The van der Waals surface area contributed by atoms with Crippen LogP contribution >= 0.6 is 23.2 Å². The quantitative estimate of drug-likeness (QED) is 0.273. The number of aromatic nitrogens is 1. The molecule has 0 spiro atoms. The van der Waals surface area contributed by atoms with Crippen molar-refractivity contribution in [1.82, 2.24) is 4.98 Å². The van der Waals surface area contributed by atoms with Crippen molar-refractivity contribution in [1.29, 1.82) is 5.26 Å². The van der Waals surface area contributed by atoms with E-state index in [2.05, 4.69) is 11.1 Å². The number of nitriles is 1. The number of nitrogens with zero attached hydrogens (tertiary/aromatic N) is 2. The smallest absolute Gasteiger partial charge is 0.184 e. The number of ether oxygens (including phenoxy) is 3. The third kappa shape index (κ3) is 4.50. The number of pyridine rings is 1. The topological polar surface area (TPSA) is 64.4 Å². The van der Waals surface area contributed by atoms with Gasteiger partial charge in [-0.1, -0.05) is 59.6 Å². The molecule has 0 unspecified atom stereocenters. The van der Waals surface area contributed by atoms with Crippen LogP contribution in [-0.2, 0) is 9.47 Å². The summed E-state index contributed by atoms with van der Waals surface area (Å²) in [6.07, 6.45) is -0.434. The van der Waals surface area contributed by atoms with Crippen molar-refractivity contribution < 1.29 is 14.2 Å². The van der Waals surface area contributed by atoms with E-state index in [0.29, 0.717) is 35.8 Å². The first kappa shape index (κ1) is 22.4. The molecular formula is C27H18Cl2N2O3. The molecule has 1 aliphatic rings. The van der Waals surface area contributed by atoms with Crippen molar-refractivity contribution in [3.05, 3.63) is 100 Å². The Hall–Kier alpha value is -3.40. The second-order valence-electron chi connectivity index (χ2n) is 7.57. The van der Waals surface area contributed by atoms with Crippen molar-refractivity contribution in [2.24, 2.45) is 0 Å². The molecule has 5 nitrogen and oxygen atoms in total. The van der Waals surface area contributed by atoms with Gasteiger partial charge in [-0.05, 0) is 48.0 Å². The summed E-state index contributed by atoms with van der Waals surface area (Å²) in [5.74, 6) is 1.40. The van der Waals surface area contributed by atoms with Crippen molar-refractivity contribution in [3.63, 3.8) is 0 Å². The molecule has 1 aromatic heterocycles. The minimum Gasteiger partial charge on any atom is -0.457 e. The number of hydrogen-bond donors (Lipinski definition) is 0. The molecule has 3 aromatic carbocycles. The Kier molecular flexibility index (Phi) is 6.48. The fraction of sp³-hybridized carbons (Fsp3) is 0.111. The van der Waals surface area contributed by atoms with Gasteiger partial charge >= 0.3 is 0 Å². The minimum absolute atomic E-state index is 0.203. The summed E-state index contributed by atoms with van der Waals surface area (Å²) >= 11 is 13.3. The van der Waals surface area contributed by atoms with Crippen LogP contribution in [0.2, 0.25) is 10.2 Å². The van der Waals surface area contributed by atoms with Crippen LogP contribution in [0, 0.1) is 11.3 Å². The van der Waals surface area contributed by atoms with Gasteiger partial charge in [0.2, 0.25) is 0 Å². The molecule has 0 aliphatic carbocycles. The van der Waals surface area contributed by atoms with E-state index in [0.717, 1.165) is 16.9 Å². The van der Waals surface area contributed by atoms with Gasteiger partial charge in [0.15, 0.2) is 6.29 Å². The maximum atomic E-state index is 9.92. The summed E-state index contributed by atoms with van der Waals surface area (Å²) in [6.45, 7) is 1.08. The van der Waals surface area contributed by atoms with E-state index in [1.165, 1.54) is 0 Å². The molecule has 0 bridgehead atoms. The van der Waals surface area contributed by atoms with Gasteiger partial charge in [0.25, 0.3) is 0 Å². The highest BCUT2D eigenvalue weighted by Gasteiger charge is 2.23. The Balaban J connectivity index is 1.50. The summed E-state index contributed by atoms with van der Waals surface area (Å²) in [5, 5.41) is 10.4. The lowest BCUT2D eigenvalue weighted by Crippen LogP contribution is -1.99. The number of benzene rings is 3. The highest BCUT2D eigenvalue weighted by atomic mass is 35.5. The third-order valence-corrected chi connectivity index (χ3v) is 6.03. The van der Waals surface area contributed by atoms with E-state index in [9.17, 15) is 5.26 Å². The number of rotatable bonds is 5. The van der Waals surface area contributed by atoms with Crippen LogP contribution in [0.5, 0.6) is 11.5 Å². The van der Waals surface area contributed by atoms with E-state index in [-0.39, 0.29) is 15.7 Å². The van der Waals surface area contributed by atoms with Crippen molar-refractivity contribution >= 4 is 23.2 Å². The molecule has 0 amide bonds. The van der Waals surface area contributed by atoms with Gasteiger partial charge in [0.1, 0.15) is 22.7 Å². The monoisotopic (exact) mass is 488 g/mol. The summed E-state index contributed by atoms with van der Waals surface area (Å²) in [5.41, 5.74) is 3.43. The van der Waals surface area contributed by atoms with Gasteiger partial charge in [-0.25, -0.2) is 4.98 Å². The lowest BCUT2D eigenvalue weighted by atomic mass is 9.99. The minimum atomic E-state index is -0.434. The molecule has 0 N–H and O–H groups in total. The van der Waals surface area contributed by atoms with Crippen LogP contribution in [0.15, 0.2) is 78.9 Å². The number of halogens is 2.